The molecule has 0 spiro atoms. The highest BCUT2D eigenvalue weighted by molar-refractivity contribution is 5.60. The minimum atomic E-state index is -0.332. The van der Waals surface area contributed by atoms with Gasteiger partial charge in [0.25, 0.3) is 0 Å². The molecule has 0 heterocycles. The van der Waals surface area contributed by atoms with Crippen molar-refractivity contribution in [1.82, 2.24) is 0 Å². The van der Waals surface area contributed by atoms with Crippen LogP contribution in [0.25, 0.3) is 0 Å². The number of aliphatic hydroxyl groups excluding tert-OH is 1. The number of aliphatic hydroxyl groups is 1. The van der Waals surface area contributed by atoms with Crippen LogP contribution in [-0.4, -0.2) is 5.11 Å². The van der Waals surface area contributed by atoms with Crippen LogP contribution in [-0.2, 0) is 6.61 Å². The Morgan fingerprint density at radius 1 is 1.06 bits per heavy atom. The highest BCUT2D eigenvalue weighted by Gasteiger charge is 2.03. The summed E-state index contributed by atoms with van der Waals surface area (Å²) in [7, 11) is 0. The Morgan fingerprint density at radius 3 is 2.50 bits per heavy atom. The molecule has 0 amide bonds. The molecule has 0 aliphatic heterocycles. The smallest absolute Gasteiger partial charge is 0.146 e. The van der Waals surface area contributed by atoms with Crippen LogP contribution in [0.1, 0.15) is 5.56 Å². The standard InChI is InChI=1S/C13H12FNO/c14-12-7-6-10(9-16)8-13(12)15-11-4-2-1-3-5-11/h1-8,15-16H,9H2. The largest absolute Gasteiger partial charge is 0.392 e. The number of halogens is 1. The van der Waals surface area contributed by atoms with E-state index >= 15 is 0 Å². The molecule has 0 saturated heterocycles. The molecule has 0 atom stereocenters. The molecule has 0 radical (unpaired) electrons. The fourth-order valence-corrected chi connectivity index (χ4v) is 1.44. The Balaban J connectivity index is 2.27. The Morgan fingerprint density at radius 2 is 1.81 bits per heavy atom. The van der Waals surface area contributed by atoms with Gasteiger partial charge in [-0.25, -0.2) is 4.39 Å². The summed E-state index contributed by atoms with van der Waals surface area (Å²) in [5.74, 6) is -0.332. The predicted octanol–water partition coefficient (Wildman–Crippen LogP) is 3.06. The van der Waals surface area contributed by atoms with Crippen molar-refractivity contribution in [3.63, 3.8) is 0 Å². The summed E-state index contributed by atoms with van der Waals surface area (Å²) in [6, 6.07) is 13.8. The average molecular weight is 217 g/mol. The average Bonchev–Trinajstić information content (AvgIpc) is 2.33. The molecule has 0 saturated carbocycles. The number of rotatable bonds is 3. The Bertz CT molecular complexity index is 471. The molecule has 16 heavy (non-hydrogen) atoms. The first-order valence-electron chi connectivity index (χ1n) is 5.01. The van der Waals surface area contributed by atoms with Gasteiger partial charge in [-0.1, -0.05) is 24.3 Å². The first-order valence-corrected chi connectivity index (χ1v) is 5.01. The number of hydrogen-bond donors (Lipinski definition) is 2. The van der Waals surface area contributed by atoms with E-state index in [1.54, 1.807) is 12.1 Å². The Labute approximate surface area is 93.4 Å². The molecular weight excluding hydrogens is 205 g/mol. The molecule has 2 aromatic rings. The van der Waals surface area contributed by atoms with Gasteiger partial charge >= 0.3 is 0 Å². The van der Waals surface area contributed by atoms with Gasteiger partial charge in [-0.15, -0.1) is 0 Å². The van der Waals surface area contributed by atoms with Crippen LogP contribution in [0.2, 0.25) is 0 Å². The van der Waals surface area contributed by atoms with Crippen molar-refractivity contribution in [2.75, 3.05) is 5.32 Å². The maximum atomic E-state index is 13.4. The van der Waals surface area contributed by atoms with Crippen molar-refractivity contribution in [1.29, 1.82) is 0 Å². The van der Waals surface area contributed by atoms with Crippen molar-refractivity contribution in [3.05, 3.63) is 59.9 Å². The second-order valence-electron chi connectivity index (χ2n) is 3.46. The van der Waals surface area contributed by atoms with E-state index < -0.39 is 0 Å². The molecule has 0 fully saturated rings. The first kappa shape index (κ1) is 10.6. The molecule has 0 aromatic heterocycles. The zero-order valence-corrected chi connectivity index (χ0v) is 8.65. The van der Waals surface area contributed by atoms with E-state index in [0.717, 1.165) is 5.69 Å². The number of benzene rings is 2. The lowest BCUT2D eigenvalue weighted by Gasteiger charge is -2.08. The summed E-state index contributed by atoms with van der Waals surface area (Å²) in [6.07, 6.45) is 0. The highest BCUT2D eigenvalue weighted by Crippen LogP contribution is 2.21. The summed E-state index contributed by atoms with van der Waals surface area (Å²) in [6.45, 7) is -0.0935. The molecule has 3 heteroatoms. The van der Waals surface area contributed by atoms with E-state index in [9.17, 15) is 4.39 Å². The van der Waals surface area contributed by atoms with Crippen LogP contribution in [0.15, 0.2) is 48.5 Å². The van der Waals surface area contributed by atoms with E-state index in [1.165, 1.54) is 6.07 Å². The predicted molar refractivity (Wildman–Crippen MR) is 62.0 cm³/mol. The Hall–Kier alpha value is -1.87. The van der Waals surface area contributed by atoms with Gasteiger partial charge in [-0.3, -0.25) is 0 Å². The second-order valence-corrected chi connectivity index (χ2v) is 3.46. The molecule has 2 aromatic carbocycles. The summed E-state index contributed by atoms with van der Waals surface area (Å²) in [5, 5.41) is 11.9. The van der Waals surface area contributed by atoms with Gasteiger partial charge in [0.15, 0.2) is 0 Å². The van der Waals surface area contributed by atoms with E-state index in [1.807, 2.05) is 30.3 Å². The topological polar surface area (TPSA) is 32.3 Å². The second kappa shape index (κ2) is 4.77. The summed E-state index contributed by atoms with van der Waals surface area (Å²) in [5.41, 5.74) is 1.87. The number of anilines is 2. The van der Waals surface area contributed by atoms with Gasteiger partial charge in [-0.2, -0.15) is 0 Å². The number of para-hydroxylation sites is 1. The third kappa shape index (κ3) is 2.38. The molecule has 2 N–H and O–H groups in total. The lowest BCUT2D eigenvalue weighted by atomic mass is 10.2. The van der Waals surface area contributed by atoms with Crippen LogP contribution in [0.4, 0.5) is 15.8 Å². The molecule has 82 valence electrons. The van der Waals surface area contributed by atoms with Gasteiger partial charge < -0.3 is 10.4 Å². The molecule has 0 aliphatic carbocycles. The number of hydrogen-bond acceptors (Lipinski definition) is 2. The molecule has 2 nitrogen and oxygen atoms in total. The minimum absolute atomic E-state index is 0.0935. The fraction of sp³-hybridized carbons (Fsp3) is 0.0769. The lowest BCUT2D eigenvalue weighted by molar-refractivity contribution is 0.282. The van der Waals surface area contributed by atoms with E-state index in [-0.39, 0.29) is 12.4 Å². The van der Waals surface area contributed by atoms with Crippen molar-refractivity contribution >= 4 is 11.4 Å². The van der Waals surface area contributed by atoms with Crippen LogP contribution in [0.3, 0.4) is 0 Å². The van der Waals surface area contributed by atoms with E-state index in [2.05, 4.69) is 5.32 Å². The summed E-state index contributed by atoms with van der Waals surface area (Å²) < 4.78 is 13.4. The van der Waals surface area contributed by atoms with Gasteiger partial charge in [0.1, 0.15) is 5.82 Å². The van der Waals surface area contributed by atoms with Gasteiger partial charge in [0, 0.05) is 5.69 Å². The van der Waals surface area contributed by atoms with Crippen LogP contribution < -0.4 is 5.32 Å². The molecular formula is C13H12FNO. The lowest BCUT2D eigenvalue weighted by Crippen LogP contribution is -1.95. The fourth-order valence-electron chi connectivity index (χ4n) is 1.44. The van der Waals surface area contributed by atoms with Gasteiger partial charge in [0.2, 0.25) is 0 Å². The molecule has 0 bridgehead atoms. The zero-order chi connectivity index (χ0) is 11.4. The van der Waals surface area contributed by atoms with Crippen LogP contribution in [0.5, 0.6) is 0 Å². The van der Waals surface area contributed by atoms with Crippen LogP contribution in [0, 0.1) is 5.82 Å². The molecule has 0 unspecified atom stereocenters. The van der Waals surface area contributed by atoms with E-state index in [0.29, 0.717) is 11.3 Å². The normalized spacial score (nSPS) is 10.1. The number of nitrogens with one attached hydrogen (secondary N) is 1. The SMILES string of the molecule is OCc1ccc(F)c(Nc2ccccc2)c1. The summed E-state index contributed by atoms with van der Waals surface area (Å²) >= 11 is 0. The minimum Gasteiger partial charge on any atom is -0.392 e. The van der Waals surface area contributed by atoms with Crippen LogP contribution >= 0.6 is 0 Å². The van der Waals surface area contributed by atoms with Crippen molar-refractivity contribution in [2.45, 2.75) is 6.61 Å². The zero-order valence-electron chi connectivity index (χ0n) is 8.65. The first-order chi connectivity index (χ1) is 7.79. The quantitative estimate of drug-likeness (QED) is 0.828. The Kier molecular flexibility index (Phi) is 3.17. The third-order valence-electron chi connectivity index (χ3n) is 2.27. The maximum absolute atomic E-state index is 13.4. The summed E-state index contributed by atoms with van der Waals surface area (Å²) in [4.78, 5) is 0. The maximum Gasteiger partial charge on any atom is 0.146 e. The molecule has 2 rings (SSSR count). The third-order valence-corrected chi connectivity index (χ3v) is 2.27. The van der Waals surface area contributed by atoms with E-state index in [4.69, 9.17) is 5.11 Å². The van der Waals surface area contributed by atoms with Gasteiger partial charge in [0.05, 0.1) is 12.3 Å². The van der Waals surface area contributed by atoms with Gasteiger partial charge in [-0.05, 0) is 29.8 Å². The monoisotopic (exact) mass is 217 g/mol. The molecule has 0 aliphatic rings. The highest BCUT2D eigenvalue weighted by atomic mass is 19.1. The van der Waals surface area contributed by atoms with Crippen molar-refractivity contribution < 1.29 is 9.50 Å². The van der Waals surface area contributed by atoms with Crippen molar-refractivity contribution in [3.8, 4) is 0 Å². The van der Waals surface area contributed by atoms with Crippen molar-refractivity contribution in [2.24, 2.45) is 0 Å².